The maximum Gasteiger partial charge on any atom is 0.197 e. The van der Waals surface area contributed by atoms with E-state index in [-0.39, 0.29) is 0 Å². The van der Waals surface area contributed by atoms with E-state index in [0.717, 1.165) is 57.2 Å². The number of hydrogen-bond acceptors (Lipinski definition) is 4. The van der Waals surface area contributed by atoms with Crippen LogP contribution in [0.15, 0.2) is 10.7 Å². The first-order chi connectivity index (χ1) is 7.93. The first kappa shape index (κ1) is 10.3. The molecule has 1 unspecified atom stereocenters. The molecule has 0 amide bonds. The zero-order chi connectivity index (χ0) is 10.8. The molecule has 1 N–H and O–H groups in total. The fourth-order valence-corrected chi connectivity index (χ4v) is 2.51. The molecule has 1 aromatic rings. The Kier molecular flexibility index (Phi) is 2.93. The van der Waals surface area contributed by atoms with E-state index < -0.39 is 0 Å². The quantitative estimate of drug-likeness (QED) is 0.826. The predicted molar refractivity (Wildman–Crippen MR) is 59.5 cm³/mol. The third kappa shape index (κ3) is 1.99. The molecule has 2 saturated heterocycles. The monoisotopic (exact) mass is 222 g/mol. The first-order valence-corrected chi connectivity index (χ1v) is 6.17. The fourth-order valence-electron chi connectivity index (χ4n) is 2.51. The smallest absolute Gasteiger partial charge is 0.197 e. The Hall–Kier alpha value is -0.870. The second kappa shape index (κ2) is 4.55. The Bertz CT molecular complexity index is 339. The molecular formula is C12H18N2O2. The summed E-state index contributed by atoms with van der Waals surface area (Å²) in [5.74, 6) is 1.90. The average molecular weight is 222 g/mol. The van der Waals surface area contributed by atoms with Gasteiger partial charge in [-0.3, -0.25) is 0 Å². The highest BCUT2D eigenvalue weighted by Crippen LogP contribution is 2.29. The molecule has 16 heavy (non-hydrogen) atoms. The van der Waals surface area contributed by atoms with Gasteiger partial charge in [-0.25, -0.2) is 4.98 Å². The maximum atomic E-state index is 5.62. The molecule has 0 spiro atoms. The minimum absolute atomic E-state index is 0.458. The van der Waals surface area contributed by atoms with E-state index in [2.05, 4.69) is 10.3 Å². The summed E-state index contributed by atoms with van der Waals surface area (Å²) in [7, 11) is 0. The summed E-state index contributed by atoms with van der Waals surface area (Å²) in [5.41, 5.74) is 1.09. The minimum atomic E-state index is 0.458. The molecule has 1 atom stereocenters. The van der Waals surface area contributed by atoms with Gasteiger partial charge >= 0.3 is 0 Å². The molecule has 2 fully saturated rings. The van der Waals surface area contributed by atoms with Crippen molar-refractivity contribution in [1.29, 1.82) is 0 Å². The summed E-state index contributed by atoms with van der Waals surface area (Å²) in [6.45, 7) is 3.82. The summed E-state index contributed by atoms with van der Waals surface area (Å²) in [4.78, 5) is 4.64. The number of oxazole rings is 1. The third-order valence-electron chi connectivity index (χ3n) is 3.58. The van der Waals surface area contributed by atoms with Crippen molar-refractivity contribution in [1.82, 2.24) is 10.3 Å². The van der Waals surface area contributed by atoms with E-state index in [0.29, 0.717) is 11.8 Å². The lowest BCUT2D eigenvalue weighted by atomic mass is 9.98. The number of hydrogen-bond donors (Lipinski definition) is 1. The van der Waals surface area contributed by atoms with Crippen LogP contribution in [0.2, 0.25) is 0 Å². The van der Waals surface area contributed by atoms with Gasteiger partial charge in [-0.15, -0.1) is 0 Å². The molecular weight excluding hydrogens is 204 g/mol. The SMILES string of the molecule is c1oc(C2CCNCC2)nc1C1CCOC1. The van der Waals surface area contributed by atoms with Gasteiger partial charge in [0.2, 0.25) is 0 Å². The van der Waals surface area contributed by atoms with Crippen LogP contribution in [0.25, 0.3) is 0 Å². The van der Waals surface area contributed by atoms with Gasteiger partial charge in [0.1, 0.15) is 6.26 Å². The molecule has 2 aliphatic heterocycles. The molecule has 1 aromatic heterocycles. The molecule has 4 nitrogen and oxygen atoms in total. The molecule has 3 heterocycles. The lowest BCUT2D eigenvalue weighted by molar-refractivity contribution is 0.193. The molecule has 0 bridgehead atoms. The van der Waals surface area contributed by atoms with Crippen molar-refractivity contribution in [2.45, 2.75) is 31.1 Å². The summed E-state index contributed by atoms with van der Waals surface area (Å²) in [6.07, 6.45) is 5.19. The molecule has 3 rings (SSSR count). The number of rotatable bonds is 2. The zero-order valence-corrected chi connectivity index (χ0v) is 9.45. The van der Waals surface area contributed by atoms with Crippen LogP contribution in [0.3, 0.4) is 0 Å². The maximum absolute atomic E-state index is 5.62. The van der Waals surface area contributed by atoms with E-state index in [1.807, 2.05) is 6.26 Å². The van der Waals surface area contributed by atoms with E-state index >= 15 is 0 Å². The van der Waals surface area contributed by atoms with Crippen molar-refractivity contribution in [3.8, 4) is 0 Å². The number of ether oxygens (including phenoxy) is 1. The third-order valence-corrected chi connectivity index (χ3v) is 3.58. The van der Waals surface area contributed by atoms with Gasteiger partial charge in [-0.1, -0.05) is 0 Å². The Morgan fingerprint density at radius 3 is 2.81 bits per heavy atom. The highest BCUT2D eigenvalue weighted by atomic mass is 16.5. The van der Waals surface area contributed by atoms with Gasteiger partial charge in [-0.05, 0) is 32.4 Å². The van der Waals surface area contributed by atoms with Crippen molar-refractivity contribution in [2.24, 2.45) is 0 Å². The van der Waals surface area contributed by atoms with Gasteiger partial charge in [0.05, 0.1) is 12.3 Å². The minimum Gasteiger partial charge on any atom is -0.448 e. The van der Waals surface area contributed by atoms with Crippen molar-refractivity contribution < 1.29 is 9.15 Å². The van der Waals surface area contributed by atoms with Crippen molar-refractivity contribution in [3.05, 3.63) is 17.8 Å². The summed E-state index contributed by atoms with van der Waals surface area (Å²) < 4.78 is 11.0. The lowest BCUT2D eigenvalue weighted by Crippen LogP contribution is -2.26. The number of nitrogens with zero attached hydrogens (tertiary/aromatic N) is 1. The molecule has 4 heteroatoms. The van der Waals surface area contributed by atoms with Gasteiger partial charge in [0.15, 0.2) is 5.89 Å². The van der Waals surface area contributed by atoms with E-state index in [1.165, 1.54) is 0 Å². The Labute approximate surface area is 95.4 Å². The molecule has 0 radical (unpaired) electrons. The van der Waals surface area contributed by atoms with Crippen LogP contribution in [0.5, 0.6) is 0 Å². The first-order valence-electron chi connectivity index (χ1n) is 6.17. The number of aromatic nitrogens is 1. The predicted octanol–water partition coefficient (Wildman–Crippen LogP) is 1.65. The Morgan fingerprint density at radius 1 is 1.19 bits per heavy atom. The van der Waals surface area contributed by atoms with Gasteiger partial charge in [0.25, 0.3) is 0 Å². The standard InChI is InChI=1S/C12H18N2O2/c1-4-13-5-2-9(1)12-14-11(8-16-12)10-3-6-15-7-10/h8-10,13H,1-7H2. The highest BCUT2D eigenvalue weighted by Gasteiger charge is 2.24. The van der Waals surface area contributed by atoms with Gasteiger partial charge in [0, 0.05) is 18.4 Å². The van der Waals surface area contributed by atoms with Gasteiger partial charge in [-0.2, -0.15) is 0 Å². The highest BCUT2D eigenvalue weighted by molar-refractivity contribution is 5.08. The van der Waals surface area contributed by atoms with Crippen LogP contribution in [0.4, 0.5) is 0 Å². The Balaban J connectivity index is 1.71. The van der Waals surface area contributed by atoms with Crippen molar-refractivity contribution >= 4 is 0 Å². The summed E-state index contributed by atoms with van der Waals surface area (Å²) in [6, 6.07) is 0. The van der Waals surface area contributed by atoms with E-state index in [1.54, 1.807) is 0 Å². The second-order valence-electron chi connectivity index (χ2n) is 4.70. The normalized spacial score (nSPS) is 27.4. The molecule has 0 aromatic carbocycles. The van der Waals surface area contributed by atoms with Crippen molar-refractivity contribution in [3.63, 3.8) is 0 Å². The molecule has 0 aliphatic carbocycles. The zero-order valence-electron chi connectivity index (χ0n) is 9.45. The average Bonchev–Trinajstić information content (AvgIpc) is 3.01. The van der Waals surface area contributed by atoms with Crippen LogP contribution in [0, 0.1) is 0 Å². The van der Waals surface area contributed by atoms with E-state index in [4.69, 9.17) is 9.15 Å². The topological polar surface area (TPSA) is 47.3 Å². The number of nitrogens with one attached hydrogen (secondary N) is 1. The fraction of sp³-hybridized carbons (Fsp3) is 0.750. The van der Waals surface area contributed by atoms with Crippen LogP contribution in [-0.4, -0.2) is 31.3 Å². The van der Waals surface area contributed by atoms with E-state index in [9.17, 15) is 0 Å². The summed E-state index contributed by atoms with van der Waals surface area (Å²) in [5, 5.41) is 3.36. The largest absolute Gasteiger partial charge is 0.448 e. The molecule has 88 valence electrons. The second-order valence-corrected chi connectivity index (χ2v) is 4.70. The van der Waals surface area contributed by atoms with Crippen LogP contribution >= 0.6 is 0 Å². The summed E-state index contributed by atoms with van der Waals surface area (Å²) >= 11 is 0. The van der Waals surface area contributed by atoms with Gasteiger partial charge < -0.3 is 14.5 Å². The molecule has 0 saturated carbocycles. The van der Waals surface area contributed by atoms with Crippen LogP contribution in [-0.2, 0) is 4.74 Å². The lowest BCUT2D eigenvalue weighted by Gasteiger charge is -2.19. The Morgan fingerprint density at radius 2 is 2.06 bits per heavy atom. The van der Waals surface area contributed by atoms with Crippen molar-refractivity contribution in [2.75, 3.05) is 26.3 Å². The molecule has 2 aliphatic rings. The van der Waals surface area contributed by atoms with Crippen LogP contribution in [0.1, 0.15) is 42.7 Å². The van der Waals surface area contributed by atoms with Crippen LogP contribution < -0.4 is 5.32 Å². The number of piperidine rings is 1.